The third-order valence-electron chi connectivity index (χ3n) is 1.34. The monoisotopic (exact) mass is 134 g/mol. The lowest BCUT2D eigenvalue weighted by atomic mass is 10.1. The van der Waals surface area contributed by atoms with Gasteiger partial charge < -0.3 is 0 Å². The molecule has 0 bridgehead atoms. The van der Waals surface area contributed by atoms with Crippen LogP contribution < -0.4 is 0 Å². The summed E-state index contributed by atoms with van der Waals surface area (Å²) in [5.41, 5.74) is 0. The molecule has 0 N–H and O–H groups in total. The van der Waals surface area contributed by atoms with E-state index in [1.807, 2.05) is 0 Å². The smallest absolute Gasteiger partial charge is 0.114 e. The molecule has 2 heteroatoms. The number of hydrogen-bond donors (Lipinski definition) is 0. The Hall–Kier alpha value is -0.0400. The Morgan fingerprint density at radius 2 is 1.88 bits per heavy atom. The number of rotatable bonds is 0. The summed E-state index contributed by atoms with van der Waals surface area (Å²) in [7, 11) is 0. The maximum absolute atomic E-state index is 12.3. The lowest BCUT2D eigenvalue weighted by Crippen LogP contribution is -1.89. The summed E-state index contributed by atoms with van der Waals surface area (Å²) in [4.78, 5) is 0. The van der Waals surface area contributed by atoms with Crippen molar-refractivity contribution in [1.29, 1.82) is 0 Å². The first-order valence-corrected chi connectivity index (χ1v) is 3.21. The Morgan fingerprint density at radius 3 is 2.25 bits per heavy atom. The van der Waals surface area contributed by atoms with Crippen LogP contribution in [0.5, 0.6) is 0 Å². The van der Waals surface area contributed by atoms with Crippen molar-refractivity contribution in [3.8, 4) is 0 Å². The zero-order valence-electron chi connectivity index (χ0n) is 4.58. The van der Waals surface area contributed by atoms with Gasteiger partial charge in [-0.1, -0.05) is 11.6 Å². The summed E-state index contributed by atoms with van der Waals surface area (Å²) >= 11 is 5.47. The maximum atomic E-state index is 12.3. The molecule has 1 rings (SSSR count). The van der Waals surface area contributed by atoms with E-state index in [9.17, 15) is 4.39 Å². The molecule has 0 radical (unpaired) electrons. The van der Waals surface area contributed by atoms with Gasteiger partial charge in [0.05, 0.1) is 0 Å². The fourth-order valence-electron chi connectivity index (χ4n) is 0.832. The Bertz CT molecular complexity index is 104. The van der Waals surface area contributed by atoms with Crippen LogP contribution >= 0.6 is 11.6 Å². The molecular weight excluding hydrogens is 127 g/mol. The molecule has 0 saturated carbocycles. The van der Waals surface area contributed by atoms with Crippen molar-refractivity contribution in [2.45, 2.75) is 25.7 Å². The number of allylic oxidation sites excluding steroid dienone is 2. The quantitative estimate of drug-likeness (QED) is 0.478. The molecule has 46 valence electrons. The maximum Gasteiger partial charge on any atom is 0.114 e. The molecule has 1 aliphatic rings. The first kappa shape index (κ1) is 6.09. The summed E-state index contributed by atoms with van der Waals surface area (Å²) < 4.78 is 12.3. The average molecular weight is 135 g/mol. The largest absolute Gasteiger partial charge is 0.211 e. The van der Waals surface area contributed by atoms with Crippen molar-refractivity contribution in [3.05, 3.63) is 10.9 Å². The van der Waals surface area contributed by atoms with E-state index in [1.54, 1.807) is 0 Å². The Balaban J connectivity index is 2.60. The fourth-order valence-corrected chi connectivity index (χ4v) is 1.06. The Labute approximate surface area is 53.3 Å². The van der Waals surface area contributed by atoms with Gasteiger partial charge in [-0.25, -0.2) is 4.39 Å². The van der Waals surface area contributed by atoms with Crippen molar-refractivity contribution in [1.82, 2.24) is 0 Å². The summed E-state index contributed by atoms with van der Waals surface area (Å²) in [6, 6.07) is 0. The summed E-state index contributed by atoms with van der Waals surface area (Å²) in [5.74, 6) is -0.0992. The molecule has 0 atom stereocenters. The normalized spacial score (nSPS) is 21.8. The number of halogens is 2. The van der Waals surface area contributed by atoms with E-state index in [-0.39, 0.29) is 5.83 Å². The molecule has 0 aromatic heterocycles. The molecule has 0 heterocycles. The number of hydrogen-bond acceptors (Lipinski definition) is 0. The van der Waals surface area contributed by atoms with Crippen LogP contribution in [0.25, 0.3) is 0 Å². The summed E-state index contributed by atoms with van der Waals surface area (Å²) in [5, 5.41) is 0.441. The zero-order chi connectivity index (χ0) is 5.98. The van der Waals surface area contributed by atoms with Gasteiger partial charge in [-0.2, -0.15) is 0 Å². The van der Waals surface area contributed by atoms with E-state index in [0.717, 1.165) is 19.3 Å². The van der Waals surface area contributed by atoms with Crippen molar-refractivity contribution in [2.75, 3.05) is 0 Å². The minimum absolute atomic E-state index is 0.0992. The summed E-state index contributed by atoms with van der Waals surface area (Å²) in [6.07, 6.45) is 3.31. The van der Waals surface area contributed by atoms with Crippen molar-refractivity contribution < 1.29 is 4.39 Å². The van der Waals surface area contributed by atoms with Gasteiger partial charge in [0.2, 0.25) is 0 Å². The highest BCUT2D eigenvalue weighted by Crippen LogP contribution is 2.27. The van der Waals surface area contributed by atoms with Crippen LogP contribution in [0.15, 0.2) is 10.9 Å². The van der Waals surface area contributed by atoms with Gasteiger partial charge in [0.15, 0.2) is 0 Å². The lowest BCUT2D eigenvalue weighted by molar-refractivity contribution is 0.527. The molecule has 0 spiro atoms. The van der Waals surface area contributed by atoms with Crippen molar-refractivity contribution in [2.24, 2.45) is 0 Å². The third-order valence-corrected chi connectivity index (χ3v) is 1.73. The Morgan fingerprint density at radius 1 is 1.25 bits per heavy atom. The van der Waals surface area contributed by atoms with Gasteiger partial charge in [0.1, 0.15) is 5.83 Å². The van der Waals surface area contributed by atoms with Gasteiger partial charge in [-0.3, -0.25) is 0 Å². The lowest BCUT2D eigenvalue weighted by Gasteiger charge is -2.07. The SMILES string of the molecule is FC1=C(Cl)CCCC1. The predicted octanol–water partition coefficient (Wildman–Crippen LogP) is 2.98. The zero-order valence-corrected chi connectivity index (χ0v) is 5.34. The molecule has 0 fully saturated rings. The van der Waals surface area contributed by atoms with E-state index in [4.69, 9.17) is 11.6 Å². The molecule has 0 unspecified atom stereocenters. The standard InChI is InChI=1S/C6H8ClF/c7-5-3-1-2-4-6(5)8/h1-4H2. The van der Waals surface area contributed by atoms with Gasteiger partial charge in [0.25, 0.3) is 0 Å². The van der Waals surface area contributed by atoms with Crippen molar-refractivity contribution in [3.63, 3.8) is 0 Å². The second kappa shape index (κ2) is 2.49. The predicted molar refractivity (Wildman–Crippen MR) is 32.5 cm³/mol. The van der Waals surface area contributed by atoms with Crippen LogP contribution in [0.2, 0.25) is 0 Å². The molecule has 0 saturated heterocycles. The Kier molecular flexibility index (Phi) is 1.90. The minimum atomic E-state index is -0.0992. The molecule has 0 aliphatic heterocycles. The van der Waals surface area contributed by atoms with E-state index in [0.29, 0.717) is 11.5 Å². The molecule has 0 aromatic carbocycles. The van der Waals surface area contributed by atoms with Crippen LogP contribution in [0.3, 0.4) is 0 Å². The first-order chi connectivity index (χ1) is 3.80. The average Bonchev–Trinajstić information content (AvgIpc) is 1.77. The van der Waals surface area contributed by atoms with Crippen molar-refractivity contribution >= 4 is 11.6 Å². The van der Waals surface area contributed by atoms with Crippen LogP contribution in [0.1, 0.15) is 25.7 Å². The van der Waals surface area contributed by atoms with Gasteiger partial charge in [0, 0.05) is 11.5 Å². The first-order valence-electron chi connectivity index (χ1n) is 2.84. The topological polar surface area (TPSA) is 0 Å². The summed E-state index contributed by atoms with van der Waals surface area (Å²) in [6.45, 7) is 0. The van der Waals surface area contributed by atoms with E-state index < -0.39 is 0 Å². The highest BCUT2D eigenvalue weighted by molar-refractivity contribution is 6.29. The fraction of sp³-hybridized carbons (Fsp3) is 0.667. The van der Waals surface area contributed by atoms with Crippen LogP contribution in [0.4, 0.5) is 4.39 Å². The van der Waals surface area contributed by atoms with Crippen LogP contribution in [-0.4, -0.2) is 0 Å². The highest BCUT2D eigenvalue weighted by atomic mass is 35.5. The van der Waals surface area contributed by atoms with Crippen LogP contribution in [-0.2, 0) is 0 Å². The van der Waals surface area contributed by atoms with Gasteiger partial charge in [-0.15, -0.1) is 0 Å². The second-order valence-electron chi connectivity index (χ2n) is 2.02. The third kappa shape index (κ3) is 1.22. The van der Waals surface area contributed by atoms with E-state index >= 15 is 0 Å². The molecule has 0 aromatic rings. The molecule has 0 amide bonds. The van der Waals surface area contributed by atoms with Crippen LogP contribution in [0, 0.1) is 0 Å². The van der Waals surface area contributed by atoms with E-state index in [1.165, 1.54) is 0 Å². The molecule has 8 heavy (non-hydrogen) atoms. The molecule has 0 nitrogen and oxygen atoms in total. The van der Waals surface area contributed by atoms with Gasteiger partial charge in [-0.05, 0) is 19.3 Å². The molecule has 1 aliphatic carbocycles. The van der Waals surface area contributed by atoms with E-state index in [2.05, 4.69) is 0 Å². The second-order valence-corrected chi connectivity index (χ2v) is 2.47. The highest BCUT2D eigenvalue weighted by Gasteiger charge is 2.08. The van der Waals surface area contributed by atoms with Gasteiger partial charge >= 0.3 is 0 Å². The molecular formula is C6H8ClF. The minimum Gasteiger partial charge on any atom is -0.211 e.